The monoisotopic (exact) mass is 426 g/mol. The van der Waals surface area contributed by atoms with Crippen LogP contribution in [0.2, 0.25) is 0 Å². The van der Waals surface area contributed by atoms with Gasteiger partial charge in [-0.05, 0) is 71.2 Å². The fourth-order valence-corrected chi connectivity index (χ4v) is 8.02. The molecular formula is C24H27ClO3Si. The van der Waals surface area contributed by atoms with Crippen molar-refractivity contribution in [2.75, 3.05) is 21.3 Å². The van der Waals surface area contributed by atoms with Crippen LogP contribution in [0.5, 0.6) is 17.2 Å². The molecule has 0 saturated heterocycles. The molecule has 3 aromatic rings. The number of ether oxygens (including phenoxy) is 3. The minimum atomic E-state index is -2.77. The minimum absolute atomic E-state index is 0.860. The van der Waals surface area contributed by atoms with Crippen LogP contribution < -0.4 is 29.8 Å². The van der Waals surface area contributed by atoms with E-state index in [0.29, 0.717) is 0 Å². The SMILES string of the molecule is COc1ccc([Si](Cl)(c2ccc(OC)c(C)c2)c2ccc(OC)c(C)c2)cc1C. The molecule has 0 aliphatic carbocycles. The third-order valence-electron chi connectivity index (χ3n) is 5.38. The summed E-state index contributed by atoms with van der Waals surface area (Å²) in [4.78, 5) is 0. The van der Waals surface area contributed by atoms with E-state index >= 15 is 0 Å². The third kappa shape index (κ3) is 3.87. The molecule has 0 N–H and O–H groups in total. The molecule has 0 aromatic heterocycles. The molecule has 0 radical (unpaired) electrons. The molecule has 3 rings (SSSR count). The van der Waals surface area contributed by atoms with Crippen LogP contribution in [0.25, 0.3) is 0 Å². The standard InChI is InChI=1S/C24H27ClO3Si/c1-16-13-19(7-10-22(16)26-4)29(25,20-8-11-23(27-5)17(2)14-20)21-9-12-24(28-6)18(3)15-21/h7-15H,1-6H3. The lowest BCUT2D eigenvalue weighted by atomic mass is 10.2. The molecule has 0 spiro atoms. The van der Waals surface area contributed by atoms with Crippen molar-refractivity contribution in [2.24, 2.45) is 0 Å². The highest BCUT2D eigenvalue weighted by molar-refractivity contribution is 7.40. The van der Waals surface area contributed by atoms with Gasteiger partial charge in [0, 0.05) is 0 Å². The van der Waals surface area contributed by atoms with E-state index in [1.54, 1.807) is 21.3 Å². The van der Waals surface area contributed by atoms with Gasteiger partial charge in [0.15, 0.2) is 0 Å². The Morgan fingerprint density at radius 2 is 0.828 bits per heavy atom. The molecule has 3 aromatic carbocycles. The van der Waals surface area contributed by atoms with Crippen LogP contribution >= 0.6 is 11.1 Å². The first-order valence-corrected chi connectivity index (χ1v) is 12.5. The minimum Gasteiger partial charge on any atom is -0.496 e. The number of aryl methyl sites for hydroxylation is 3. The van der Waals surface area contributed by atoms with Crippen molar-refractivity contribution in [1.29, 1.82) is 0 Å². The van der Waals surface area contributed by atoms with Crippen molar-refractivity contribution >= 4 is 34.0 Å². The highest BCUT2D eigenvalue weighted by Crippen LogP contribution is 2.23. The van der Waals surface area contributed by atoms with Crippen LogP contribution in [0.1, 0.15) is 16.7 Å². The zero-order valence-electron chi connectivity index (χ0n) is 17.8. The second kappa shape index (κ2) is 8.52. The van der Waals surface area contributed by atoms with E-state index in [0.717, 1.165) is 49.5 Å². The fourth-order valence-electron chi connectivity index (χ4n) is 3.78. The molecule has 0 aliphatic heterocycles. The Morgan fingerprint density at radius 1 is 0.552 bits per heavy atom. The van der Waals surface area contributed by atoms with E-state index in [1.807, 2.05) is 39.0 Å². The van der Waals surface area contributed by atoms with E-state index in [-0.39, 0.29) is 0 Å². The van der Waals surface area contributed by atoms with Gasteiger partial charge in [-0.1, -0.05) is 36.4 Å². The van der Waals surface area contributed by atoms with Gasteiger partial charge in [0.05, 0.1) is 21.3 Å². The Bertz CT molecular complexity index is 903. The molecule has 0 heterocycles. The zero-order valence-corrected chi connectivity index (χ0v) is 19.6. The van der Waals surface area contributed by atoms with Crippen molar-refractivity contribution in [3.63, 3.8) is 0 Å². The molecule has 0 fully saturated rings. The maximum atomic E-state index is 7.63. The van der Waals surface area contributed by atoms with E-state index in [4.69, 9.17) is 25.3 Å². The molecular weight excluding hydrogens is 400 g/mol. The third-order valence-corrected chi connectivity index (χ3v) is 10.7. The van der Waals surface area contributed by atoms with Gasteiger partial charge in [0.2, 0.25) is 7.38 Å². The van der Waals surface area contributed by atoms with Gasteiger partial charge in [-0.2, -0.15) is 0 Å². The van der Waals surface area contributed by atoms with Crippen LogP contribution in [0.15, 0.2) is 54.6 Å². The lowest BCUT2D eigenvalue weighted by Crippen LogP contribution is -2.63. The average Bonchev–Trinajstić information content (AvgIpc) is 2.72. The molecule has 0 unspecified atom stereocenters. The number of methoxy groups -OCH3 is 3. The maximum Gasteiger partial charge on any atom is 0.247 e. The average molecular weight is 427 g/mol. The highest BCUT2D eigenvalue weighted by Gasteiger charge is 2.39. The second-order valence-corrected chi connectivity index (χ2v) is 12.0. The van der Waals surface area contributed by atoms with Gasteiger partial charge in [-0.15, -0.1) is 11.1 Å². The van der Waals surface area contributed by atoms with E-state index < -0.39 is 7.38 Å². The fraction of sp³-hybridized carbons (Fsp3) is 0.250. The lowest BCUT2D eigenvalue weighted by molar-refractivity contribution is 0.412. The first-order chi connectivity index (χ1) is 13.8. The molecule has 3 nitrogen and oxygen atoms in total. The summed E-state index contributed by atoms with van der Waals surface area (Å²) in [6.45, 7) is 6.14. The summed E-state index contributed by atoms with van der Waals surface area (Å²) in [6.07, 6.45) is 0. The molecule has 5 heteroatoms. The summed E-state index contributed by atoms with van der Waals surface area (Å²) in [6, 6.07) is 18.7. The predicted molar refractivity (Wildman–Crippen MR) is 124 cm³/mol. The summed E-state index contributed by atoms with van der Waals surface area (Å²) in [7, 11) is 2.29. The first kappa shape index (κ1) is 21.3. The highest BCUT2D eigenvalue weighted by atomic mass is 35.6. The van der Waals surface area contributed by atoms with Crippen molar-refractivity contribution in [2.45, 2.75) is 20.8 Å². The van der Waals surface area contributed by atoms with E-state index in [2.05, 4.69) is 36.4 Å². The molecule has 0 bridgehead atoms. The van der Waals surface area contributed by atoms with E-state index in [9.17, 15) is 0 Å². The summed E-state index contributed by atoms with van der Waals surface area (Å²) < 4.78 is 16.4. The van der Waals surface area contributed by atoms with Gasteiger partial charge in [0.25, 0.3) is 0 Å². The molecule has 29 heavy (non-hydrogen) atoms. The normalized spacial score (nSPS) is 11.3. The summed E-state index contributed by atoms with van der Waals surface area (Å²) in [5.74, 6) is 2.58. The quantitative estimate of drug-likeness (QED) is 0.340. The van der Waals surface area contributed by atoms with Crippen LogP contribution in [0, 0.1) is 20.8 Å². The number of hydrogen-bond donors (Lipinski definition) is 0. The van der Waals surface area contributed by atoms with Crippen molar-refractivity contribution in [1.82, 2.24) is 0 Å². The zero-order chi connectivity index (χ0) is 21.2. The molecule has 0 amide bonds. The Labute approximate surface area is 178 Å². The lowest BCUT2D eigenvalue weighted by Gasteiger charge is -2.28. The van der Waals surface area contributed by atoms with Gasteiger partial charge < -0.3 is 14.2 Å². The van der Waals surface area contributed by atoms with Crippen LogP contribution in [-0.4, -0.2) is 28.7 Å². The summed E-state index contributed by atoms with van der Waals surface area (Å²) >= 11 is 7.63. The van der Waals surface area contributed by atoms with Gasteiger partial charge in [-0.3, -0.25) is 0 Å². The molecule has 0 saturated carbocycles. The number of benzene rings is 3. The Kier molecular flexibility index (Phi) is 6.25. The second-order valence-electron chi connectivity index (χ2n) is 7.21. The molecule has 0 atom stereocenters. The molecule has 0 aliphatic rings. The largest absolute Gasteiger partial charge is 0.496 e. The number of hydrogen-bond acceptors (Lipinski definition) is 3. The Balaban J connectivity index is 2.27. The Morgan fingerprint density at radius 3 is 1.03 bits per heavy atom. The van der Waals surface area contributed by atoms with Crippen molar-refractivity contribution < 1.29 is 14.2 Å². The summed E-state index contributed by atoms with van der Waals surface area (Å²) in [5, 5.41) is 3.35. The topological polar surface area (TPSA) is 27.7 Å². The van der Waals surface area contributed by atoms with Crippen LogP contribution in [0.3, 0.4) is 0 Å². The van der Waals surface area contributed by atoms with Crippen molar-refractivity contribution in [3.8, 4) is 17.2 Å². The van der Waals surface area contributed by atoms with Crippen molar-refractivity contribution in [3.05, 3.63) is 71.3 Å². The Hall–Kier alpha value is -2.43. The first-order valence-electron chi connectivity index (χ1n) is 9.49. The number of halogens is 1. The van der Waals surface area contributed by atoms with E-state index in [1.165, 1.54) is 0 Å². The summed E-state index contributed by atoms with van der Waals surface area (Å²) in [5.41, 5.74) is 3.20. The number of rotatable bonds is 6. The molecule has 152 valence electrons. The maximum absolute atomic E-state index is 7.63. The van der Waals surface area contributed by atoms with Gasteiger partial charge in [-0.25, -0.2) is 0 Å². The predicted octanol–water partition coefficient (Wildman–Crippen LogP) is 3.84. The smallest absolute Gasteiger partial charge is 0.247 e. The van der Waals surface area contributed by atoms with Crippen LogP contribution in [-0.2, 0) is 0 Å². The van der Waals surface area contributed by atoms with Gasteiger partial charge in [0.1, 0.15) is 17.2 Å². The van der Waals surface area contributed by atoms with Gasteiger partial charge >= 0.3 is 0 Å². The van der Waals surface area contributed by atoms with Crippen LogP contribution in [0.4, 0.5) is 0 Å².